The molecule has 13 heavy (non-hydrogen) atoms. The van der Waals surface area contributed by atoms with Gasteiger partial charge in [0.2, 0.25) is 0 Å². The van der Waals surface area contributed by atoms with Gasteiger partial charge in [-0.2, -0.15) is 0 Å². The smallest absolute Gasteiger partial charge is 0.148 e. The first kappa shape index (κ1) is 8.26. The summed E-state index contributed by atoms with van der Waals surface area (Å²) in [7, 11) is 0. The lowest BCUT2D eigenvalue weighted by Crippen LogP contribution is -2.05. The Hall–Kier alpha value is -1.35. The Labute approximate surface area is 76.7 Å². The van der Waals surface area contributed by atoms with Crippen LogP contribution in [-0.2, 0) is 6.61 Å². The molecule has 0 atom stereocenters. The molecule has 0 aliphatic carbocycles. The molecule has 0 saturated heterocycles. The molecule has 1 aliphatic rings. The van der Waals surface area contributed by atoms with Crippen LogP contribution in [0.3, 0.4) is 0 Å². The number of hydrogen-bond donors (Lipinski definition) is 1. The molecule has 0 radical (unpaired) electrons. The van der Waals surface area contributed by atoms with Gasteiger partial charge < -0.3 is 9.84 Å². The van der Waals surface area contributed by atoms with Gasteiger partial charge in [-0.25, -0.2) is 0 Å². The lowest BCUT2D eigenvalue weighted by molar-refractivity contribution is 0.275. The van der Waals surface area contributed by atoms with Gasteiger partial charge >= 0.3 is 0 Å². The maximum Gasteiger partial charge on any atom is 0.148 e. The van der Waals surface area contributed by atoms with Crippen molar-refractivity contribution in [2.45, 2.75) is 13.5 Å². The van der Waals surface area contributed by atoms with E-state index in [1.54, 1.807) is 0 Å². The molecule has 1 aromatic rings. The number of aliphatic hydroxyl groups is 1. The molecule has 3 heteroatoms. The summed E-state index contributed by atoms with van der Waals surface area (Å²) in [6.45, 7) is 2.47. The second-order valence-electron chi connectivity index (χ2n) is 2.99. The van der Waals surface area contributed by atoms with Crippen molar-refractivity contribution in [3.05, 3.63) is 29.1 Å². The van der Waals surface area contributed by atoms with Crippen LogP contribution in [0.25, 0.3) is 6.08 Å². The molecule has 0 spiro atoms. The van der Waals surface area contributed by atoms with Crippen molar-refractivity contribution in [3.63, 3.8) is 0 Å². The maximum absolute atomic E-state index is 8.94. The highest BCUT2D eigenvalue weighted by Crippen LogP contribution is 2.26. The SMILES string of the molecule is Cc1nc(CO)cc2c1OCC=C2. The minimum absolute atomic E-state index is 0.0258. The van der Waals surface area contributed by atoms with Crippen LogP contribution in [0.5, 0.6) is 5.75 Å². The van der Waals surface area contributed by atoms with Crippen LogP contribution in [0.4, 0.5) is 0 Å². The fourth-order valence-corrected chi connectivity index (χ4v) is 1.45. The third kappa shape index (κ3) is 1.42. The standard InChI is InChI=1S/C10H11NO2/c1-7-10-8(3-2-4-13-10)5-9(6-12)11-7/h2-3,5,12H,4,6H2,1H3. The second-order valence-corrected chi connectivity index (χ2v) is 2.99. The van der Waals surface area contributed by atoms with Crippen molar-refractivity contribution in [1.29, 1.82) is 0 Å². The van der Waals surface area contributed by atoms with Crippen molar-refractivity contribution in [3.8, 4) is 5.75 Å². The monoisotopic (exact) mass is 177 g/mol. The zero-order valence-electron chi connectivity index (χ0n) is 7.45. The lowest BCUT2D eigenvalue weighted by Gasteiger charge is -2.14. The molecular weight excluding hydrogens is 166 g/mol. The number of aliphatic hydroxyl groups excluding tert-OH is 1. The minimum Gasteiger partial charge on any atom is -0.487 e. The summed E-state index contributed by atoms with van der Waals surface area (Å²) in [6.07, 6.45) is 3.94. The Balaban J connectivity index is 2.55. The van der Waals surface area contributed by atoms with Gasteiger partial charge in [0.05, 0.1) is 18.0 Å². The van der Waals surface area contributed by atoms with Crippen LogP contribution >= 0.6 is 0 Å². The number of pyridine rings is 1. The topological polar surface area (TPSA) is 42.4 Å². The van der Waals surface area contributed by atoms with E-state index in [1.165, 1.54) is 0 Å². The van der Waals surface area contributed by atoms with E-state index >= 15 is 0 Å². The number of rotatable bonds is 1. The van der Waals surface area contributed by atoms with Crippen molar-refractivity contribution in [2.24, 2.45) is 0 Å². The van der Waals surface area contributed by atoms with Crippen molar-refractivity contribution in [2.75, 3.05) is 6.61 Å². The summed E-state index contributed by atoms with van der Waals surface area (Å²) in [4.78, 5) is 4.20. The molecular formula is C10H11NO2. The minimum atomic E-state index is -0.0258. The number of aromatic nitrogens is 1. The molecule has 1 N–H and O–H groups in total. The number of hydrogen-bond acceptors (Lipinski definition) is 3. The first-order valence-corrected chi connectivity index (χ1v) is 4.22. The van der Waals surface area contributed by atoms with Gasteiger partial charge in [-0.3, -0.25) is 4.98 Å². The Kier molecular flexibility index (Phi) is 2.02. The van der Waals surface area contributed by atoms with Gasteiger partial charge in [0.15, 0.2) is 0 Å². The van der Waals surface area contributed by atoms with Crippen molar-refractivity contribution >= 4 is 6.08 Å². The Morgan fingerprint density at radius 3 is 3.23 bits per heavy atom. The molecule has 3 nitrogen and oxygen atoms in total. The largest absolute Gasteiger partial charge is 0.487 e. The van der Waals surface area contributed by atoms with E-state index in [-0.39, 0.29) is 6.61 Å². The summed E-state index contributed by atoms with van der Waals surface area (Å²) in [6, 6.07) is 1.85. The molecule has 0 unspecified atom stereocenters. The zero-order chi connectivity index (χ0) is 9.26. The Morgan fingerprint density at radius 2 is 2.46 bits per heavy atom. The van der Waals surface area contributed by atoms with E-state index in [0.717, 1.165) is 17.0 Å². The fourth-order valence-electron chi connectivity index (χ4n) is 1.45. The van der Waals surface area contributed by atoms with E-state index in [1.807, 2.05) is 25.1 Å². The van der Waals surface area contributed by atoms with Gasteiger partial charge in [-0.15, -0.1) is 0 Å². The van der Waals surface area contributed by atoms with Gasteiger partial charge in [0, 0.05) is 5.56 Å². The van der Waals surface area contributed by atoms with E-state index in [2.05, 4.69) is 4.98 Å². The Bertz CT molecular complexity index is 358. The summed E-state index contributed by atoms with van der Waals surface area (Å²) < 4.78 is 5.42. The molecule has 0 amide bonds. The van der Waals surface area contributed by atoms with Gasteiger partial charge in [-0.05, 0) is 19.1 Å². The van der Waals surface area contributed by atoms with E-state index < -0.39 is 0 Å². The quantitative estimate of drug-likeness (QED) is 0.702. The molecule has 68 valence electrons. The average Bonchev–Trinajstić information content (AvgIpc) is 2.18. The molecule has 1 aliphatic heterocycles. The first-order chi connectivity index (χ1) is 6.31. The molecule has 2 heterocycles. The lowest BCUT2D eigenvalue weighted by atomic mass is 10.1. The second kappa shape index (κ2) is 3.18. The van der Waals surface area contributed by atoms with Crippen molar-refractivity contribution in [1.82, 2.24) is 4.98 Å². The molecule has 2 rings (SSSR count). The van der Waals surface area contributed by atoms with Gasteiger partial charge in [-0.1, -0.05) is 6.08 Å². The molecule has 0 bridgehead atoms. The fraction of sp³-hybridized carbons (Fsp3) is 0.300. The highest BCUT2D eigenvalue weighted by atomic mass is 16.5. The normalized spacial score (nSPS) is 13.7. The van der Waals surface area contributed by atoms with Crippen LogP contribution < -0.4 is 4.74 Å². The molecule has 0 saturated carbocycles. The van der Waals surface area contributed by atoms with Gasteiger partial charge in [0.1, 0.15) is 12.4 Å². The van der Waals surface area contributed by atoms with E-state index in [0.29, 0.717) is 12.3 Å². The van der Waals surface area contributed by atoms with Gasteiger partial charge in [0.25, 0.3) is 0 Å². The van der Waals surface area contributed by atoms with E-state index in [4.69, 9.17) is 9.84 Å². The van der Waals surface area contributed by atoms with Crippen LogP contribution in [0.15, 0.2) is 12.1 Å². The summed E-state index contributed by atoms with van der Waals surface area (Å²) >= 11 is 0. The molecule has 0 fully saturated rings. The maximum atomic E-state index is 8.94. The zero-order valence-corrected chi connectivity index (χ0v) is 7.45. The highest BCUT2D eigenvalue weighted by Gasteiger charge is 2.10. The third-order valence-corrected chi connectivity index (χ3v) is 2.01. The highest BCUT2D eigenvalue weighted by molar-refractivity contribution is 5.60. The number of nitrogens with zero attached hydrogens (tertiary/aromatic N) is 1. The van der Waals surface area contributed by atoms with Crippen LogP contribution in [-0.4, -0.2) is 16.7 Å². The van der Waals surface area contributed by atoms with Crippen LogP contribution in [0, 0.1) is 6.92 Å². The number of ether oxygens (including phenoxy) is 1. The summed E-state index contributed by atoms with van der Waals surface area (Å²) in [5.74, 6) is 0.833. The van der Waals surface area contributed by atoms with E-state index in [9.17, 15) is 0 Å². The average molecular weight is 177 g/mol. The predicted molar refractivity (Wildman–Crippen MR) is 49.4 cm³/mol. The van der Waals surface area contributed by atoms with Crippen LogP contribution in [0.2, 0.25) is 0 Å². The summed E-state index contributed by atoms with van der Waals surface area (Å²) in [5, 5.41) is 8.94. The molecule has 0 aromatic carbocycles. The number of aryl methyl sites for hydroxylation is 1. The number of fused-ring (bicyclic) bond motifs is 1. The first-order valence-electron chi connectivity index (χ1n) is 4.22. The Morgan fingerprint density at radius 1 is 1.62 bits per heavy atom. The third-order valence-electron chi connectivity index (χ3n) is 2.01. The predicted octanol–water partition coefficient (Wildman–Crippen LogP) is 1.29. The van der Waals surface area contributed by atoms with Crippen molar-refractivity contribution < 1.29 is 9.84 Å². The van der Waals surface area contributed by atoms with Crippen LogP contribution in [0.1, 0.15) is 17.0 Å². The molecule has 1 aromatic heterocycles. The summed E-state index contributed by atoms with van der Waals surface area (Å²) in [5.41, 5.74) is 2.53.